The van der Waals surface area contributed by atoms with Crippen LogP contribution in [0.2, 0.25) is 0 Å². The maximum atomic E-state index is 5.80. The molecule has 0 saturated carbocycles. The van der Waals surface area contributed by atoms with Crippen LogP contribution in [0.5, 0.6) is 5.75 Å². The van der Waals surface area contributed by atoms with E-state index in [1.54, 1.807) is 7.11 Å². The Bertz CT molecular complexity index is 579. The van der Waals surface area contributed by atoms with Gasteiger partial charge in [-0.1, -0.05) is 12.1 Å². The minimum atomic E-state index is 0.511. The first-order valence-corrected chi connectivity index (χ1v) is 6.59. The van der Waals surface area contributed by atoms with Gasteiger partial charge in [-0.15, -0.1) is 10.2 Å². The van der Waals surface area contributed by atoms with Crippen molar-refractivity contribution in [2.24, 2.45) is 11.7 Å². The molecule has 0 saturated heterocycles. The van der Waals surface area contributed by atoms with Crippen LogP contribution in [-0.4, -0.2) is 28.4 Å². The van der Waals surface area contributed by atoms with E-state index in [9.17, 15) is 0 Å². The van der Waals surface area contributed by atoms with Crippen molar-refractivity contribution < 1.29 is 4.74 Å². The number of nitrogens with two attached hydrogens (primary N) is 1. The Morgan fingerprint density at radius 1 is 1.37 bits per heavy atom. The maximum absolute atomic E-state index is 5.80. The van der Waals surface area contributed by atoms with E-state index in [-0.39, 0.29) is 0 Å². The Kier molecular flexibility index (Phi) is 3.21. The van der Waals surface area contributed by atoms with Crippen molar-refractivity contribution in [2.75, 3.05) is 13.7 Å². The summed E-state index contributed by atoms with van der Waals surface area (Å²) in [6.45, 7) is 1.61. The van der Waals surface area contributed by atoms with Crippen LogP contribution < -0.4 is 10.5 Å². The fourth-order valence-corrected chi connectivity index (χ4v) is 2.62. The zero-order valence-electron chi connectivity index (χ0n) is 11.0. The molecule has 1 aromatic carbocycles. The minimum absolute atomic E-state index is 0.511. The molecular weight excluding hydrogens is 240 g/mol. The fourth-order valence-electron chi connectivity index (χ4n) is 2.62. The molecule has 1 atom stereocenters. The van der Waals surface area contributed by atoms with Gasteiger partial charge in [-0.05, 0) is 31.0 Å². The van der Waals surface area contributed by atoms with Crippen LogP contribution in [0, 0.1) is 5.92 Å². The normalized spacial score (nSPS) is 18.1. The molecule has 2 heterocycles. The minimum Gasteiger partial charge on any atom is -0.496 e. The van der Waals surface area contributed by atoms with Crippen LogP contribution in [0.3, 0.4) is 0 Å². The van der Waals surface area contributed by atoms with Crippen molar-refractivity contribution >= 4 is 0 Å². The molecular formula is C14H18N4O. The van der Waals surface area contributed by atoms with Crippen LogP contribution in [-0.2, 0) is 13.0 Å². The highest BCUT2D eigenvalue weighted by molar-refractivity contribution is 5.64. The van der Waals surface area contributed by atoms with Crippen LogP contribution in [0.15, 0.2) is 24.3 Å². The third kappa shape index (κ3) is 2.10. The lowest BCUT2D eigenvalue weighted by molar-refractivity contribution is 0.374. The van der Waals surface area contributed by atoms with Crippen LogP contribution in [0.25, 0.3) is 11.4 Å². The van der Waals surface area contributed by atoms with Crippen molar-refractivity contribution in [1.82, 2.24) is 14.8 Å². The quantitative estimate of drug-likeness (QED) is 0.905. The van der Waals surface area contributed by atoms with Crippen LogP contribution in [0.4, 0.5) is 0 Å². The number of aryl methyl sites for hydroxylation is 1. The van der Waals surface area contributed by atoms with E-state index in [2.05, 4.69) is 14.8 Å². The summed E-state index contributed by atoms with van der Waals surface area (Å²) in [7, 11) is 1.68. The molecule has 19 heavy (non-hydrogen) atoms. The Labute approximate surface area is 112 Å². The molecule has 0 fully saturated rings. The van der Waals surface area contributed by atoms with Crippen molar-refractivity contribution in [3.63, 3.8) is 0 Å². The average molecular weight is 258 g/mol. The van der Waals surface area contributed by atoms with Crippen molar-refractivity contribution in [1.29, 1.82) is 0 Å². The van der Waals surface area contributed by atoms with Gasteiger partial charge in [0, 0.05) is 13.0 Å². The summed E-state index contributed by atoms with van der Waals surface area (Å²) in [4.78, 5) is 0. The summed E-state index contributed by atoms with van der Waals surface area (Å²) in [5.74, 6) is 3.26. The van der Waals surface area contributed by atoms with Crippen molar-refractivity contribution in [3.8, 4) is 17.1 Å². The van der Waals surface area contributed by atoms with Gasteiger partial charge in [0.15, 0.2) is 5.82 Å². The second-order valence-corrected chi connectivity index (χ2v) is 4.89. The molecule has 2 aromatic rings. The van der Waals surface area contributed by atoms with Gasteiger partial charge in [0.05, 0.1) is 12.7 Å². The first kappa shape index (κ1) is 12.2. The molecule has 3 rings (SSSR count). The molecule has 5 nitrogen and oxygen atoms in total. The zero-order valence-corrected chi connectivity index (χ0v) is 11.0. The molecule has 0 spiro atoms. The fraction of sp³-hybridized carbons (Fsp3) is 0.429. The standard InChI is InChI=1S/C14H18N4O/c1-19-12-5-3-2-4-11(12)14-17-16-13-7-6-10(8-15)9-18(13)14/h2-5,10H,6-9,15H2,1H3. The summed E-state index contributed by atoms with van der Waals surface area (Å²) in [6, 6.07) is 7.91. The highest BCUT2D eigenvalue weighted by Gasteiger charge is 2.23. The summed E-state index contributed by atoms with van der Waals surface area (Å²) in [5.41, 5.74) is 6.78. The van der Waals surface area contributed by atoms with E-state index in [1.165, 1.54) is 0 Å². The Balaban J connectivity index is 2.05. The molecule has 0 amide bonds. The number of methoxy groups -OCH3 is 1. The zero-order chi connectivity index (χ0) is 13.2. The van der Waals surface area contributed by atoms with Crippen molar-refractivity contribution in [2.45, 2.75) is 19.4 Å². The van der Waals surface area contributed by atoms with Gasteiger partial charge in [0.1, 0.15) is 11.6 Å². The molecule has 1 unspecified atom stereocenters. The lowest BCUT2D eigenvalue weighted by Crippen LogP contribution is -2.26. The van der Waals surface area contributed by atoms with Crippen LogP contribution in [0.1, 0.15) is 12.2 Å². The topological polar surface area (TPSA) is 66.0 Å². The van der Waals surface area contributed by atoms with Gasteiger partial charge < -0.3 is 15.0 Å². The number of fused-ring (bicyclic) bond motifs is 1. The molecule has 1 aliphatic rings. The van der Waals surface area contributed by atoms with Gasteiger partial charge in [-0.25, -0.2) is 0 Å². The second-order valence-electron chi connectivity index (χ2n) is 4.89. The average Bonchev–Trinajstić information content (AvgIpc) is 2.89. The van der Waals surface area contributed by atoms with E-state index in [0.29, 0.717) is 12.5 Å². The number of aromatic nitrogens is 3. The summed E-state index contributed by atoms with van der Waals surface area (Å²) >= 11 is 0. The Morgan fingerprint density at radius 3 is 3.00 bits per heavy atom. The maximum Gasteiger partial charge on any atom is 0.167 e. The third-order valence-electron chi connectivity index (χ3n) is 3.73. The molecule has 1 aromatic heterocycles. The van der Waals surface area contributed by atoms with E-state index in [4.69, 9.17) is 10.5 Å². The molecule has 5 heteroatoms. The van der Waals surface area contributed by atoms with Gasteiger partial charge in [-0.2, -0.15) is 0 Å². The molecule has 1 aliphatic heterocycles. The molecule has 0 aliphatic carbocycles. The number of benzene rings is 1. The predicted octanol–water partition coefficient (Wildman–Crippen LogP) is 1.47. The monoisotopic (exact) mass is 258 g/mol. The molecule has 0 bridgehead atoms. The molecule has 2 N–H and O–H groups in total. The van der Waals surface area contributed by atoms with Gasteiger partial charge in [-0.3, -0.25) is 0 Å². The lowest BCUT2D eigenvalue weighted by Gasteiger charge is -2.23. The first-order valence-electron chi connectivity index (χ1n) is 6.59. The number of nitrogens with zero attached hydrogens (tertiary/aromatic N) is 3. The summed E-state index contributed by atoms with van der Waals surface area (Å²) in [6.07, 6.45) is 2.05. The smallest absolute Gasteiger partial charge is 0.167 e. The van der Waals surface area contributed by atoms with E-state index in [1.807, 2.05) is 24.3 Å². The van der Waals surface area contributed by atoms with Gasteiger partial charge >= 0.3 is 0 Å². The predicted molar refractivity (Wildman–Crippen MR) is 72.9 cm³/mol. The number of hydrogen-bond donors (Lipinski definition) is 1. The number of hydrogen-bond acceptors (Lipinski definition) is 4. The lowest BCUT2D eigenvalue weighted by atomic mass is 9.99. The van der Waals surface area contributed by atoms with Gasteiger partial charge in [0.2, 0.25) is 0 Å². The second kappa shape index (κ2) is 5.01. The SMILES string of the molecule is COc1ccccc1-c1nnc2n1CC(CN)CC2. The Morgan fingerprint density at radius 2 is 2.21 bits per heavy atom. The van der Waals surface area contributed by atoms with E-state index >= 15 is 0 Å². The van der Waals surface area contributed by atoms with Crippen molar-refractivity contribution in [3.05, 3.63) is 30.1 Å². The number of rotatable bonds is 3. The Hall–Kier alpha value is -1.88. The number of para-hydroxylation sites is 1. The number of ether oxygens (including phenoxy) is 1. The largest absolute Gasteiger partial charge is 0.496 e. The summed E-state index contributed by atoms with van der Waals surface area (Å²) < 4.78 is 7.59. The third-order valence-corrected chi connectivity index (χ3v) is 3.73. The highest BCUT2D eigenvalue weighted by Crippen LogP contribution is 2.31. The van der Waals surface area contributed by atoms with Crippen LogP contribution >= 0.6 is 0 Å². The van der Waals surface area contributed by atoms with E-state index in [0.717, 1.165) is 42.3 Å². The van der Waals surface area contributed by atoms with Gasteiger partial charge in [0.25, 0.3) is 0 Å². The molecule has 0 radical (unpaired) electrons. The first-order chi connectivity index (χ1) is 9.33. The summed E-state index contributed by atoms with van der Waals surface area (Å²) in [5, 5.41) is 8.63. The van der Waals surface area contributed by atoms with E-state index < -0.39 is 0 Å². The highest BCUT2D eigenvalue weighted by atomic mass is 16.5. The molecule has 100 valence electrons.